The maximum absolute atomic E-state index is 13.9. The van der Waals surface area contributed by atoms with E-state index in [-0.39, 0.29) is 24.4 Å². The summed E-state index contributed by atoms with van der Waals surface area (Å²) in [5.41, 5.74) is 2.75. The first-order chi connectivity index (χ1) is 22.7. The van der Waals surface area contributed by atoms with Crippen molar-refractivity contribution < 1.29 is 19.1 Å². The van der Waals surface area contributed by atoms with Crippen LogP contribution in [-0.2, 0) is 22.4 Å². The molecule has 256 valence electrons. The molecule has 4 amide bonds. The van der Waals surface area contributed by atoms with E-state index in [0.29, 0.717) is 55.6 Å². The van der Waals surface area contributed by atoms with Crippen LogP contribution < -0.4 is 5.32 Å². The molecule has 2 aromatic carbocycles. The van der Waals surface area contributed by atoms with Crippen molar-refractivity contribution in [1.29, 1.82) is 0 Å². The lowest BCUT2D eigenvalue weighted by Crippen LogP contribution is -2.54. The fraction of sp³-hybridized carbons (Fsp3) is 0.571. The Kier molecular flexibility index (Phi) is 12.7. The number of halogens is 2. The third-order valence-electron chi connectivity index (χ3n) is 9.76. The van der Waals surface area contributed by atoms with E-state index in [1.165, 1.54) is 0 Å². The Morgan fingerprint density at radius 3 is 2.36 bits per heavy atom. The number of likely N-dealkylation sites (tertiary alicyclic amines) is 1. The van der Waals surface area contributed by atoms with E-state index in [1.54, 1.807) is 17.0 Å². The summed E-state index contributed by atoms with van der Waals surface area (Å²) >= 11 is 12.4. The molecule has 1 atom stereocenters. The van der Waals surface area contributed by atoms with Gasteiger partial charge in [0.1, 0.15) is 0 Å². The summed E-state index contributed by atoms with van der Waals surface area (Å²) in [7, 11) is 0. The molecule has 0 unspecified atom stereocenters. The lowest BCUT2D eigenvalue weighted by molar-refractivity contribution is -0.142. The number of carbonyl (C=O) groups is 3. The maximum Gasteiger partial charge on any atom is 0.410 e. The molecule has 3 aliphatic heterocycles. The topological polar surface area (TPSA) is 88.7 Å². The zero-order chi connectivity index (χ0) is 33.3. The zero-order valence-electron chi connectivity index (χ0n) is 27.6. The maximum atomic E-state index is 13.9. The van der Waals surface area contributed by atoms with E-state index in [2.05, 4.69) is 29.0 Å². The molecule has 2 aromatic rings. The van der Waals surface area contributed by atoms with Crippen molar-refractivity contribution in [3.63, 3.8) is 0 Å². The molecule has 10 nitrogen and oxygen atoms in total. The molecule has 3 heterocycles. The minimum Gasteiger partial charge on any atom is -0.436 e. The molecule has 2 saturated heterocycles. The highest BCUT2D eigenvalue weighted by atomic mass is 35.5. The van der Waals surface area contributed by atoms with Crippen LogP contribution in [0, 0.1) is 0 Å². The Hall–Kier alpha value is -3.05. The molecule has 0 bridgehead atoms. The number of anilines is 1. The minimum atomic E-state index is -0.985. The van der Waals surface area contributed by atoms with E-state index < -0.39 is 12.2 Å². The molecule has 0 aromatic heterocycles. The molecule has 2 fully saturated rings. The van der Waals surface area contributed by atoms with Gasteiger partial charge in [-0.2, -0.15) is 0 Å². The van der Waals surface area contributed by atoms with Gasteiger partial charge >= 0.3 is 12.1 Å². The Morgan fingerprint density at radius 2 is 1.66 bits per heavy atom. The molecular formula is C35H48Cl2N6O4. The van der Waals surface area contributed by atoms with E-state index in [1.807, 2.05) is 40.1 Å². The molecule has 0 aliphatic carbocycles. The molecule has 47 heavy (non-hydrogen) atoms. The average molecular weight is 688 g/mol. The van der Waals surface area contributed by atoms with E-state index in [0.717, 1.165) is 68.9 Å². The van der Waals surface area contributed by atoms with Gasteiger partial charge in [-0.15, -0.1) is 0 Å². The molecule has 12 heteroatoms. The van der Waals surface area contributed by atoms with Crippen molar-refractivity contribution in [1.82, 2.24) is 24.5 Å². The first-order valence-corrected chi connectivity index (χ1v) is 17.8. The van der Waals surface area contributed by atoms with Crippen molar-refractivity contribution in [3.8, 4) is 0 Å². The van der Waals surface area contributed by atoms with Gasteiger partial charge in [0, 0.05) is 64.0 Å². The van der Waals surface area contributed by atoms with Crippen molar-refractivity contribution in [2.24, 2.45) is 0 Å². The van der Waals surface area contributed by atoms with Gasteiger partial charge in [-0.05, 0) is 81.2 Å². The van der Waals surface area contributed by atoms with Crippen LogP contribution >= 0.6 is 23.2 Å². The number of hydrogen-bond acceptors (Lipinski definition) is 6. The predicted molar refractivity (Wildman–Crippen MR) is 186 cm³/mol. The fourth-order valence-corrected chi connectivity index (χ4v) is 7.13. The highest BCUT2D eigenvalue weighted by Crippen LogP contribution is 2.26. The van der Waals surface area contributed by atoms with Gasteiger partial charge in [0.25, 0.3) is 5.91 Å². The second kappa shape index (κ2) is 16.9. The second-order valence-electron chi connectivity index (χ2n) is 12.6. The summed E-state index contributed by atoms with van der Waals surface area (Å²) in [6.45, 7) is 12.8. The Morgan fingerprint density at radius 1 is 0.936 bits per heavy atom. The van der Waals surface area contributed by atoms with E-state index in [9.17, 15) is 14.4 Å². The predicted octanol–water partition coefficient (Wildman–Crippen LogP) is 5.47. The van der Waals surface area contributed by atoms with E-state index in [4.69, 9.17) is 27.9 Å². The molecule has 0 saturated carbocycles. The summed E-state index contributed by atoms with van der Waals surface area (Å²) in [4.78, 5) is 50.6. The summed E-state index contributed by atoms with van der Waals surface area (Å²) in [6.07, 6.45) is 1.86. The highest BCUT2D eigenvalue weighted by molar-refractivity contribution is 6.42. The fourth-order valence-electron chi connectivity index (χ4n) is 6.81. The summed E-state index contributed by atoms with van der Waals surface area (Å²) in [5, 5.41) is 3.86. The number of rotatable bonds is 11. The number of fused-ring (bicyclic) bond motifs is 1. The number of hydrogen-bond donors (Lipinski definition) is 1. The van der Waals surface area contributed by atoms with Crippen LogP contribution in [0.1, 0.15) is 44.2 Å². The van der Waals surface area contributed by atoms with Gasteiger partial charge in [-0.1, -0.05) is 61.3 Å². The van der Waals surface area contributed by atoms with Gasteiger partial charge in [0.15, 0.2) is 6.10 Å². The quantitative estimate of drug-likeness (QED) is 0.337. The van der Waals surface area contributed by atoms with Crippen molar-refractivity contribution in [2.75, 3.05) is 77.3 Å². The summed E-state index contributed by atoms with van der Waals surface area (Å²) in [6, 6.07) is 13.0. The van der Waals surface area contributed by atoms with E-state index >= 15 is 0 Å². The first kappa shape index (κ1) is 35.3. The number of benzene rings is 2. The van der Waals surface area contributed by atoms with Gasteiger partial charge < -0.3 is 29.7 Å². The molecule has 0 spiro atoms. The van der Waals surface area contributed by atoms with Gasteiger partial charge in [-0.3, -0.25) is 9.69 Å². The van der Waals surface area contributed by atoms with Crippen molar-refractivity contribution >= 4 is 46.9 Å². The minimum absolute atomic E-state index is 0.0188. The number of para-hydroxylation sites is 1. The smallest absolute Gasteiger partial charge is 0.410 e. The Bertz CT molecular complexity index is 1380. The number of urea groups is 1. The zero-order valence-corrected chi connectivity index (χ0v) is 29.1. The van der Waals surface area contributed by atoms with Gasteiger partial charge in [0.05, 0.1) is 10.0 Å². The molecule has 1 N–H and O–H groups in total. The third kappa shape index (κ3) is 9.31. The van der Waals surface area contributed by atoms with Crippen molar-refractivity contribution in [3.05, 3.63) is 63.6 Å². The second-order valence-corrected chi connectivity index (χ2v) is 13.4. The van der Waals surface area contributed by atoms with Crippen LogP contribution in [0.4, 0.5) is 15.3 Å². The lowest BCUT2D eigenvalue weighted by atomic mass is 10.0. The largest absolute Gasteiger partial charge is 0.436 e. The van der Waals surface area contributed by atoms with Crippen molar-refractivity contribution in [2.45, 2.75) is 58.1 Å². The number of nitrogens with one attached hydrogen (secondary N) is 1. The molecule has 5 rings (SSSR count). The highest BCUT2D eigenvalue weighted by Gasteiger charge is 2.35. The van der Waals surface area contributed by atoms with Crippen LogP contribution in [0.15, 0.2) is 42.5 Å². The SMILES string of the molecule is CCN(CC)CCCN1CCN(C(=O)[C@@H](Cc2ccc(Cl)c(Cl)c2)OC(=O)N2CCC(N3CCc4ccccc4NC3=O)CC2)CC1. The number of carbonyl (C=O) groups excluding carboxylic acids is 3. The third-order valence-corrected chi connectivity index (χ3v) is 10.5. The molecule has 3 aliphatic rings. The number of ether oxygens (including phenoxy) is 1. The monoisotopic (exact) mass is 686 g/mol. The number of amides is 4. The van der Waals surface area contributed by atoms with Gasteiger partial charge in [-0.25, -0.2) is 9.59 Å². The van der Waals surface area contributed by atoms with Crippen LogP contribution in [0.3, 0.4) is 0 Å². The number of piperidine rings is 1. The van der Waals surface area contributed by atoms with Gasteiger partial charge in [0.2, 0.25) is 0 Å². The molecular weight excluding hydrogens is 639 g/mol. The Balaban J connectivity index is 1.17. The average Bonchev–Trinajstić information content (AvgIpc) is 3.26. The summed E-state index contributed by atoms with van der Waals surface area (Å²) in [5.74, 6) is -0.192. The normalized spacial score (nSPS) is 18.5. The van der Waals surface area contributed by atoms with Crippen LogP contribution in [0.2, 0.25) is 10.0 Å². The number of piperazine rings is 1. The molecule has 0 radical (unpaired) electrons. The lowest BCUT2D eigenvalue weighted by Gasteiger charge is -2.38. The standard InChI is InChI=1S/C35H48Cl2N6O4/c1-3-39(4-2)15-7-16-40-20-22-41(23-21-40)33(44)32(25-26-10-11-29(36)30(37)24-26)47-35(46)42-17-13-28(14-18-42)43-19-12-27-8-5-6-9-31(27)38-34(43)45/h5-6,8-11,24,28,32H,3-4,7,12-23,25H2,1-2H3,(H,38,45)/t32-/m1/s1. The Labute approximate surface area is 288 Å². The summed E-state index contributed by atoms with van der Waals surface area (Å²) < 4.78 is 5.99. The number of nitrogens with zero attached hydrogens (tertiary/aromatic N) is 5. The van der Waals surface area contributed by atoms with Crippen LogP contribution in [-0.4, -0.2) is 127 Å². The van der Waals surface area contributed by atoms with Crippen LogP contribution in [0.25, 0.3) is 0 Å². The first-order valence-electron chi connectivity index (χ1n) is 17.0. The van der Waals surface area contributed by atoms with Crippen LogP contribution in [0.5, 0.6) is 0 Å².